The van der Waals surface area contributed by atoms with Crippen LogP contribution in [0.1, 0.15) is 32.1 Å². The maximum absolute atomic E-state index is 12.7. The van der Waals surface area contributed by atoms with Gasteiger partial charge in [0, 0.05) is 59.6 Å². The lowest BCUT2D eigenvalue weighted by atomic mass is 9.84. The highest BCUT2D eigenvalue weighted by Crippen LogP contribution is 2.38. The van der Waals surface area contributed by atoms with Gasteiger partial charge >= 0.3 is 0 Å². The number of anilines is 1. The summed E-state index contributed by atoms with van der Waals surface area (Å²) >= 11 is 0. The normalized spacial score (nSPS) is 15.4. The van der Waals surface area contributed by atoms with Crippen LogP contribution in [0.5, 0.6) is 5.75 Å². The van der Waals surface area contributed by atoms with Crippen molar-refractivity contribution in [2.24, 2.45) is 10.4 Å². The van der Waals surface area contributed by atoms with Crippen LogP contribution in [0, 0.1) is 5.41 Å². The van der Waals surface area contributed by atoms with Gasteiger partial charge in [0.15, 0.2) is 5.96 Å². The Hall–Kier alpha value is -1.55. The summed E-state index contributed by atoms with van der Waals surface area (Å²) < 4.78 is 10.8. The number of aliphatic imine (C=N–C) groups is 1. The summed E-state index contributed by atoms with van der Waals surface area (Å²) in [4.78, 5) is 18.7. The minimum atomic E-state index is -0.340. The van der Waals surface area contributed by atoms with Crippen LogP contribution in [0.15, 0.2) is 29.3 Å². The average Bonchev–Trinajstić information content (AvgIpc) is 3.18. The predicted octanol–water partition coefficient (Wildman–Crippen LogP) is 3.36. The number of nitrogens with zero attached hydrogens (tertiary/aromatic N) is 2. The molecule has 1 aliphatic carbocycles. The van der Waals surface area contributed by atoms with Gasteiger partial charge < -0.3 is 25.0 Å². The molecule has 0 unspecified atom stereocenters. The van der Waals surface area contributed by atoms with Crippen molar-refractivity contribution in [2.75, 3.05) is 53.3 Å². The van der Waals surface area contributed by atoms with E-state index in [1.165, 1.54) is 0 Å². The van der Waals surface area contributed by atoms with Gasteiger partial charge in [-0.1, -0.05) is 18.9 Å². The lowest BCUT2D eigenvalue weighted by Gasteiger charge is -2.31. The average molecular weight is 518 g/mol. The summed E-state index contributed by atoms with van der Waals surface area (Å²) in [7, 11) is 7.07. The molecule has 0 aromatic heterocycles. The van der Waals surface area contributed by atoms with Crippen LogP contribution in [0.3, 0.4) is 0 Å². The summed E-state index contributed by atoms with van der Waals surface area (Å²) in [5.41, 5.74) is 0.546. The van der Waals surface area contributed by atoms with Crippen molar-refractivity contribution in [3.05, 3.63) is 24.3 Å². The molecule has 1 aliphatic rings. The molecule has 1 aromatic rings. The summed E-state index contributed by atoms with van der Waals surface area (Å²) in [5.74, 6) is 1.64. The number of halogens is 1. The number of carbonyl (C=O) groups excluding carboxylic acids is 1. The van der Waals surface area contributed by atoms with E-state index in [1.54, 1.807) is 19.1 Å². The summed E-state index contributed by atoms with van der Waals surface area (Å²) in [6.07, 6.45) is 4.86. The minimum Gasteiger partial charge on any atom is -0.493 e. The van der Waals surface area contributed by atoms with Crippen LogP contribution in [0.4, 0.5) is 5.69 Å². The molecule has 1 aromatic carbocycles. The molecular weight excluding hydrogens is 483 g/mol. The number of nitrogens with one attached hydrogen (secondary N) is 2. The first-order chi connectivity index (χ1) is 13.5. The fourth-order valence-corrected chi connectivity index (χ4v) is 3.62. The number of benzene rings is 1. The van der Waals surface area contributed by atoms with Gasteiger partial charge in [0.2, 0.25) is 5.91 Å². The fourth-order valence-electron chi connectivity index (χ4n) is 3.62. The predicted molar refractivity (Wildman–Crippen MR) is 128 cm³/mol. The van der Waals surface area contributed by atoms with Gasteiger partial charge in [-0.05, 0) is 25.0 Å². The third-order valence-electron chi connectivity index (χ3n) is 5.10. The molecule has 7 nitrogen and oxygen atoms in total. The van der Waals surface area contributed by atoms with Crippen molar-refractivity contribution in [3.63, 3.8) is 0 Å². The minimum absolute atomic E-state index is 0. The van der Waals surface area contributed by atoms with Gasteiger partial charge in [-0.15, -0.1) is 24.0 Å². The molecule has 0 atom stereocenters. The van der Waals surface area contributed by atoms with E-state index in [2.05, 4.69) is 15.6 Å². The molecule has 0 saturated heterocycles. The second-order valence-electron chi connectivity index (χ2n) is 7.46. The summed E-state index contributed by atoms with van der Waals surface area (Å²) in [6, 6.07) is 7.77. The third-order valence-corrected chi connectivity index (χ3v) is 5.10. The molecule has 0 radical (unpaired) electrons. The molecule has 2 rings (SSSR count). The van der Waals surface area contributed by atoms with Crippen molar-refractivity contribution < 1.29 is 14.3 Å². The highest BCUT2D eigenvalue weighted by molar-refractivity contribution is 14.0. The topological polar surface area (TPSA) is 75.2 Å². The van der Waals surface area contributed by atoms with Crippen molar-refractivity contribution in [1.82, 2.24) is 10.2 Å². The highest BCUT2D eigenvalue weighted by Gasteiger charge is 2.42. The van der Waals surface area contributed by atoms with Gasteiger partial charge in [0.25, 0.3) is 0 Å². The van der Waals surface area contributed by atoms with Crippen LogP contribution in [-0.2, 0) is 9.53 Å². The van der Waals surface area contributed by atoms with Crippen LogP contribution >= 0.6 is 24.0 Å². The van der Waals surface area contributed by atoms with E-state index in [4.69, 9.17) is 9.47 Å². The standard InChI is InChI=1S/C21H34N4O3.HI/c1-22-20(23-16-21(11-5-6-12-21)19(26)25(2)3)24-17-9-7-10-18(15-17)28-14-8-13-27-4;/h7,9-10,15H,5-6,8,11-14,16H2,1-4H3,(H2,22,23,24);1H. The Balaban J connectivity index is 0.00000420. The number of hydrogen-bond donors (Lipinski definition) is 2. The number of rotatable bonds is 9. The van der Waals surface area contributed by atoms with Crippen molar-refractivity contribution in [2.45, 2.75) is 32.1 Å². The molecule has 1 saturated carbocycles. The Morgan fingerprint density at radius 2 is 1.97 bits per heavy atom. The van der Waals surface area contributed by atoms with Crippen molar-refractivity contribution in [1.29, 1.82) is 0 Å². The van der Waals surface area contributed by atoms with E-state index in [-0.39, 0.29) is 35.3 Å². The maximum Gasteiger partial charge on any atom is 0.230 e. The molecule has 1 amide bonds. The second-order valence-corrected chi connectivity index (χ2v) is 7.46. The molecule has 2 N–H and O–H groups in total. The first kappa shape index (κ1) is 25.5. The molecule has 0 bridgehead atoms. The van der Waals surface area contributed by atoms with Gasteiger partial charge in [-0.3, -0.25) is 9.79 Å². The molecule has 1 fully saturated rings. The van der Waals surface area contributed by atoms with Gasteiger partial charge in [0.1, 0.15) is 5.75 Å². The van der Waals surface area contributed by atoms with Crippen LogP contribution in [-0.4, -0.2) is 64.8 Å². The van der Waals surface area contributed by atoms with Crippen LogP contribution in [0.2, 0.25) is 0 Å². The molecule has 0 aliphatic heterocycles. The number of hydrogen-bond acceptors (Lipinski definition) is 4. The zero-order chi connectivity index (χ0) is 20.4. The molecule has 0 spiro atoms. The quantitative estimate of drug-likeness (QED) is 0.227. The van der Waals surface area contributed by atoms with E-state index in [0.717, 1.165) is 43.5 Å². The molecule has 29 heavy (non-hydrogen) atoms. The van der Waals surface area contributed by atoms with E-state index in [0.29, 0.717) is 25.7 Å². The SMILES string of the molecule is CN=C(NCC1(C(=O)N(C)C)CCCC1)Nc1cccc(OCCCOC)c1.I. The monoisotopic (exact) mass is 518 g/mol. The van der Waals surface area contributed by atoms with E-state index < -0.39 is 0 Å². The third kappa shape index (κ3) is 7.65. The molecule has 0 heterocycles. The van der Waals surface area contributed by atoms with Crippen molar-refractivity contribution in [3.8, 4) is 5.75 Å². The number of amides is 1. The van der Waals surface area contributed by atoms with Gasteiger partial charge in [-0.2, -0.15) is 0 Å². The van der Waals surface area contributed by atoms with Gasteiger partial charge in [-0.25, -0.2) is 0 Å². The van der Waals surface area contributed by atoms with Crippen LogP contribution in [0.25, 0.3) is 0 Å². The highest BCUT2D eigenvalue weighted by atomic mass is 127. The Bertz CT molecular complexity index is 661. The summed E-state index contributed by atoms with van der Waals surface area (Å²) in [6.45, 7) is 1.87. The molecule has 8 heteroatoms. The van der Waals surface area contributed by atoms with E-state index in [1.807, 2.05) is 38.4 Å². The Morgan fingerprint density at radius 1 is 1.24 bits per heavy atom. The zero-order valence-electron chi connectivity index (χ0n) is 18.0. The lowest BCUT2D eigenvalue weighted by Crippen LogP contribution is -2.47. The first-order valence-electron chi connectivity index (χ1n) is 9.92. The Kier molecular flexibility index (Phi) is 11.3. The smallest absolute Gasteiger partial charge is 0.230 e. The number of ether oxygens (including phenoxy) is 2. The fraction of sp³-hybridized carbons (Fsp3) is 0.619. The van der Waals surface area contributed by atoms with Gasteiger partial charge in [0.05, 0.1) is 12.0 Å². The largest absolute Gasteiger partial charge is 0.493 e. The molecular formula is C21H35IN4O3. The number of carbonyl (C=O) groups is 1. The van der Waals surface area contributed by atoms with E-state index >= 15 is 0 Å². The zero-order valence-corrected chi connectivity index (χ0v) is 20.3. The van der Waals surface area contributed by atoms with Crippen molar-refractivity contribution >= 4 is 41.5 Å². The van der Waals surface area contributed by atoms with E-state index in [9.17, 15) is 4.79 Å². The Morgan fingerprint density at radius 3 is 2.59 bits per heavy atom. The number of methoxy groups -OCH3 is 1. The van der Waals surface area contributed by atoms with Crippen LogP contribution < -0.4 is 15.4 Å². The molecule has 164 valence electrons. The summed E-state index contributed by atoms with van der Waals surface area (Å²) in [5, 5.41) is 6.64. The first-order valence-corrected chi connectivity index (χ1v) is 9.92. The number of guanidine groups is 1. The lowest BCUT2D eigenvalue weighted by molar-refractivity contribution is -0.138. The second kappa shape index (κ2) is 12.9. The Labute approximate surface area is 191 Å². The maximum atomic E-state index is 12.7.